The molecule has 0 aromatic heterocycles. The number of amides is 1. The van der Waals surface area contributed by atoms with E-state index in [0.717, 1.165) is 21.3 Å². The van der Waals surface area contributed by atoms with Gasteiger partial charge in [-0.1, -0.05) is 15.9 Å². The molecule has 1 saturated carbocycles. The Hall–Kier alpha value is -1.36. The Morgan fingerprint density at radius 3 is 2.28 bits per heavy atom. The Morgan fingerprint density at radius 1 is 1.28 bits per heavy atom. The van der Waals surface area contributed by atoms with E-state index in [9.17, 15) is 9.59 Å². The summed E-state index contributed by atoms with van der Waals surface area (Å²) in [5, 5.41) is 11.6. The normalized spacial score (nSPS) is 21.5. The van der Waals surface area contributed by atoms with Crippen molar-refractivity contribution in [1.29, 1.82) is 0 Å². The summed E-state index contributed by atoms with van der Waals surface area (Å²) < 4.78 is 0.963. The van der Waals surface area contributed by atoms with Gasteiger partial charge in [-0.3, -0.25) is 9.59 Å². The average molecular weight is 312 g/mol. The predicted octanol–water partition coefficient (Wildman–Crippen LogP) is 2.73. The fourth-order valence-corrected chi connectivity index (χ4v) is 2.77. The summed E-state index contributed by atoms with van der Waals surface area (Å²) in [6.45, 7) is 3.82. The molecule has 1 amide bonds. The van der Waals surface area contributed by atoms with Gasteiger partial charge in [0.15, 0.2) is 0 Å². The summed E-state index contributed by atoms with van der Waals surface area (Å²) in [6, 6.07) is 3.84. The number of rotatable bonds is 3. The predicted molar refractivity (Wildman–Crippen MR) is 71.5 cm³/mol. The smallest absolute Gasteiger partial charge is 0.307 e. The van der Waals surface area contributed by atoms with E-state index < -0.39 is 11.9 Å². The van der Waals surface area contributed by atoms with E-state index in [1.54, 1.807) is 0 Å². The van der Waals surface area contributed by atoms with Gasteiger partial charge in [-0.15, -0.1) is 0 Å². The number of benzene rings is 1. The zero-order chi connectivity index (χ0) is 13.4. The van der Waals surface area contributed by atoms with Crippen molar-refractivity contribution in [1.82, 2.24) is 0 Å². The lowest BCUT2D eigenvalue weighted by Crippen LogP contribution is -2.18. The zero-order valence-electron chi connectivity index (χ0n) is 10.2. The van der Waals surface area contributed by atoms with E-state index in [4.69, 9.17) is 5.11 Å². The summed E-state index contributed by atoms with van der Waals surface area (Å²) in [4.78, 5) is 22.6. The monoisotopic (exact) mass is 311 g/mol. The molecule has 5 heteroatoms. The molecule has 0 radical (unpaired) electrons. The Bertz CT molecular complexity index is 504. The highest BCUT2D eigenvalue weighted by Gasteiger charge is 2.48. The molecule has 0 bridgehead atoms. The summed E-state index contributed by atoms with van der Waals surface area (Å²) in [5.74, 6) is -1.98. The third kappa shape index (κ3) is 2.56. The van der Waals surface area contributed by atoms with Crippen LogP contribution in [0, 0.1) is 25.7 Å². The first kappa shape index (κ1) is 13.1. The molecule has 0 spiro atoms. The maximum absolute atomic E-state index is 11.9. The van der Waals surface area contributed by atoms with Crippen molar-refractivity contribution in [2.75, 3.05) is 5.32 Å². The number of aryl methyl sites for hydroxylation is 2. The van der Waals surface area contributed by atoms with Crippen molar-refractivity contribution in [2.45, 2.75) is 20.3 Å². The first-order valence-corrected chi connectivity index (χ1v) is 6.50. The maximum Gasteiger partial charge on any atom is 0.307 e. The van der Waals surface area contributed by atoms with Gasteiger partial charge in [0, 0.05) is 10.2 Å². The first-order chi connectivity index (χ1) is 8.40. The van der Waals surface area contributed by atoms with Crippen molar-refractivity contribution < 1.29 is 14.7 Å². The molecule has 18 heavy (non-hydrogen) atoms. The second-order valence-corrected chi connectivity index (χ2v) is 5.61. The van der Waals surface area contributed by atoms with E-state index in [1.165, 1.54) is 0 Å². The molecule has 1 aromatic carbocycles. The molecule has 1 aliphatic rings. The lowest BCUT2D eigenvalue weighted by molar-refractivity contribution is -0.139. The fourth-order valence-electron chi connectivity index (χ4n) is 2.08. The first-order valence-electron chi connectivity index (χ1n) is 5.70. The van der Waals surface area contributed by atoms with Crippen LogP contribution < -0.4 is 5.32 Å². The van der Waals surface area contributed by atoms with Crippen molar-refractivity contribution in [3.63, 3.8) is 0 Å². The van der Waals surface area contributed by atoms with Gasteiger partial charge in [0.25, 0.3) is 0 Å². The molecule has 2 N–H and O–H groups in total. The number of carboxylic acid groups (broad SMARTS) is 1. The van der Waals surface area contributed by atoms with Crippen molar-refractivity contribution >= 4 is 33.5 Å². The van der Waals surface area contributed by atoms with Gasteiger partial charge in [0.2, 0.25) is 5.91 Å². The maximum atomic E-state index is 11.9. The second-order valence-electron chi connectivity index (χ2n) is 4.69. The second kappa shape index (κ2) is 4.72. The topological polar surface area (TPSA) is 66.4 Å². The number of hydrogen-bond donors (Lipinski definition) is 2. The van der Waals surface area contributed by atoms with Crippen LogP contribution in [0.15, 0.2) is 16.6 Å². The van der Waals surface area contributed by atoms with E-state index in [0.29, 0.717) is 6.42 Å². The van der Waals surface area contributed by atoms with Gasteiger partial charge >= 0.3 is 5.97 Å². The molecule has 1 aromatic rings. The van der Waals surface area contributed by atoms with Gasteiger partial charge < -0.3 is 10.4 Å². The van der Waals surface area contributed by atoms with Gasteiger partial charge in [0.05, 0.1) is 11.8 Å². The van der Waals surface area contributed by atoms with E-state index in [-0.39, 0.29) is 11.8 Å². The molecule has 0 aliphatic heterocycles. The summed E-state index contributed by atoms with van der Waals surface area (Å²) in [6.07, 6.45) is 0.440. The molecule has 2 rings (SSSR count). The Kier molecular flexibility index (Phi) is 3.43. The third-order valence-corrected chi connectivity index (χ3v) is 3.65. The number of nitrogens with one attached hydrogen (secondary N) is 1. The van der Waals surface area contributed by atoms with Crippen LogP contribution in [0.25, 0.3) is 0 Å². The van der Waals surface area contributed by atoms with Crippen molar-refractivity contribution in [3.8, 4) is 0 Å². The van der Waals surface area contributed by atoms with Gasteiger partial charge in [-0.05, 0) is 43.5 Å². The number of anilines is 1. The molecular weight excluding hydrogens is 298 g/mol. The number of halogens is 1. The van der Waals surface area contributed by atoms with Crippen LogP contribution in [0.5, 0.6) is 0 Å². The Balaban J connectivity index is 2.11. The quantitative estimate of drug-likeness (QED) is 0.902. The lowest BCUT2D eigenvalue weighted by Gasteiger charge is -2.12. The standard InChI is InChI=1S/C13H14BrNO3/c1-6-3-8(14)4-7(2)11(6)15-12(16)9-5-10(9)13(17)18/h3-4,9-10H,5H2,1-2H3,(H,15,16)(H,17,18)/t9-,10+/m1/s1. The SMILES string of the molecule is Cc1cc(Br)cc(C)c1NC(=O)[C@@H]1C[C@@H]1C(=O)O. The van der Waals surface area contributed by atoms with Crippen LogP contribution >= 0.6 is 15.9 Å². The minimum absolute atomic E-state index is 0.198. The zero-order valence-corrected chi connectivity index (χ0v) is 11.7. The minimum atomic E-state index is -0.889. The van der Waals surface area contributed by atoms with Crippen LogP contribution in [-0.4, -0.2) is 17.0 Å². The lowest BCUT2D eigenvalue weighted by atomic mass is 10.1. The van der Waals surface area contributed by atoms with Crippen molar-refractivity contribution in [3.05, 3.63) is 27.7 Å². The summed E-state index contributed by atoms with van der Waals surface area (Å²) in [5.41, 5.74) is 2.70. The molecule has 0 unspecified atom stereocenters. The number of carbonyl (C=O) groups excluding carboxylic acids is 1. The molecule has 96 valence electrons. The molecule has 0 saturated heterocycles. The van der Waals surface area contributed by atoms with Crippen LogP contribution in [0.4, 0.5) is 5.69 Å². The summed E-state index contributed by atoms with van der Waals surface area (Å²) in [7, 11) is 0. The molecule has 1 aliphatic carbocycles. The van der Waals surface area contributed by atoms with Crippen LogP contribution in [-0.2, 0) is 9.59 Å². The molecule has 2 atom stereocenters. The Labute approximate surface area is 114 Å². The van der Waals surface area contributed by atoms with E-state index in [1.807, 2.05) is 26.0 Å². The van der Waals surface area contributed by atoms with Crippen LogP contribution in [0.2, 0.25) is 0 Å². The number of hydrogen-bond acceptors (Lipinski definition) is 2. The highest BCUT2D eigenvalue weighted by Crippen LogP contribution is 2.40. The van der Waals surface area contributed by atoms with Crippen molar-refractivity contribution in [2.24, 2.45) is 11.8 Å². The van der Waals surface area contributed by atoms with Gasteiger partial charge in [0.1, 0.15) is 0 Å². The fraction of sp³-hybridized carbons (Fsp3) is 0.385. The van der Waals surface area contributed by atoms with E-state index in [2.05, 4.69) is 21.2 Å². The van der Waals surface area contributed by atoms with Crippen LogP contribution in [0.1, 0.15) is 17.5 Å². The highest BCUT2D eigenvalue weighted by molar-refractivity contribution is 9.10. The number of carboxylic acids is 1. The van der Waals surface area contributed by atoms with Crippen LogP contribution in [0.3, 0.4) is 0 Å². The summed E-state index contributed by atoms with van der Waals surface area (Å²) >= 11 is 3.39. The number of aliphatic carboxylic acids is 1. The highest BCUT2D eigenvalue weighted by atomic mass is 79.9. The van der Waals surface area contributed by atoms with Gasteiger partial charge in [-0.25, -0.2) is 0 Å². The third-order valence-electron chi connectivity index (χ3n) is 3.19. The molecule has 0 heterocycles. The largest absolute Gasteiger partial charge is 0.481 e. The minimum Gasteiger partial charge on any atom is -0.481 e. The van der Waals surface area contributed by atoms with Gasteiger partial charge in [-0.2, -0.15) is 0 Å². The average Bonchev–Trinajstić information content (AvgIpc) is 3.02. The molecular formula is C13H14BrNO3. The molecule has 4 nitrogen and oxygen atoms in total. The number of carbonyl (C=O) groups is 2. The molecule has 1 fully saturated rings. The van der Waals surface area contributed by atoms with E-state index >= 15 is 0 Å². The Morgan fingerprint density at radius 2 is 1.83 bits per heavy atom.